The zero-order valence-corrected chi connectivity index (χ0v) is 13.6. The Bertz CT molecular complexity index is 661. The Labute approximate surface area is 136 Å². The predicted molar refractivity (Wildman–Crippen MR) is 87.1 cm³/mol. The Balaban J connectivity index is 1.80. The number of rotatable bonds is 3. The molecule has 0 fully saturated rings. The maximum absolute atomic E-state index is 6.15. The van der Waals surface area contributed by atoms with Crippen LogP contribution in [0.1, 0.15) is 11.1 Å². The van der Waals surface area contributed by atoms with Gasteiger partial charge in [0.2, 0.25) is 0 Å². The molecule has 1 heterocycles. The Kier molecular flexibility index (Phi) is 4.11. The van der Waals surface area contributed by atoms with Crippen molar-refractivity contribution in [2.45, 2.75) is 13.0 Å². The molecule has 0 amide bonds. The van der Waals surface area contributed by atoms with Crippen LogP contribution in [0.2, 0.25) is 10.0 Å². The van der Waals surface area contributed by atoms with E-state index in [4.69, 9.17) is 27.9 Å². The summed E-state index contributed by atoms with van der Waals surface area (Å²) in [6.45, 7) is 1.39. The Hall–Kier alpha value is -0.900. The predicted octanol–water partition coefficient (Wildman–Crippen LogP) is 5.30. The number of fused-ring (bicyclic) bond motifs is 1. The van der Waals surface area contributed by atoms with Crippen molar-refractivity contribution in [1.82, 2.24) is 0 Å². The van der Waals surface area contributed by atoms with Crippen molar-refractivity contribution in [3.63, 3.8) is 0 Å². The first-order chi connectivity index (χ1) is 9.63. The first-order valence-corrected chi connectivity index (χ1v) is 7.81. The van der Waals surface area contributed by atoms with Gasteiger partial charge in [-0.25, -0.2) is 0 Å². The highest BCUT2D eigenvalue weighted by Crippen LogP contribution is 2.33. The molecule has 2 aromatic carbocycles. The summed E-state index contributed by atoms with van der Waals surface area (Å²) in [5.74, 6) is 0.968. The monoisotopic (exact) mass is 371 g/mol. The molecule has 0 saturated carbocycles. The fourth-order valence-electron chi connectivity index (χ4n) is 2.28. The number of hydrogen-bond acceptors (Lipinski definition) is 2. The van der Waals surface area contributed by atoms with Gasteiger partial charge in [0.05, 0.1) is 11.6 Å². The first kappa shape index (κ1) is 14.1. The Morgan fingerprint density at radius 2 is 2.05 bits per heavy atom. The molecule has 0 bridgehead atoms. The van der Waals surface area contributed by atoms with Gasteiger partial charge in [-0.3, -0.25) is 0 Å². The number of ether oxygens (including phenoxy) is 1. The van der Waals surface area contributed by atoms with E-state index in [2.05, 4.69) is 21.2 Å². The third-order valence-electron chi connectivity index (χ3n) is 3.23. The van der Waals surface area contributed by atoms with Gasteiger partial charge in [0.1, 0.15) is 5.75 Å². The van der Waals surface area contributed by atoms with Crippen molar-refractivity contribution in [1.29, 1.82) is 0 Å². The zero-order chi connectivity index (χ0) is 14.1. The average Bonchev–Trinajstić information content (AvgIpc) is 2.88. The van der Waals surface area contributed by atoms with Gasteiger partial charge in [-0.2, -0.15) is 0 Å². The third-order valence-corrected chi connectivity index (χ3v) is 4.66. The van der Waals surface area contributed by atoms with Crippen molar-refractivity contribution < 1.29 is 4.74 Å². The minimum absolute atomic E-state index is 0.664. The van der Waals surface area contributed by atoms with Crippen LogP contribution in [0.15, 0.2) is 34.8 Å². The molecule has 104 valence electrons. The second-order valence-corrected chi connectivity index (χ2v) is 6.33. The molecular formula is C15H12BrCl2NO. The summed E-state index contributed by atoms with van der Waals surface area (Å²) in [5, 5.41) is 4.81. The lowest BCUT2D eigenvalue weighted by Crippen LogP contribution is -2.01. The topological polar surface area (TPSA) is 21.3 Å². The van der Waals surface area contributed by atoms with E-state index in [0.717, 1.165) is 39.5 Å². The van der Waals surface area contributed by atoms with Gasteiger partial charge in [0.15, 0.2) is 0 Å². The van der Waals surface area contributed by atoms with Gasteiger partial charge in [-0.05, 0) is 51.8 Å². The number of anilines is 1. The third kappa shape index (κ3) is 2.90. The van der Waals surface area contributed by atoms with Gasteiger partial charge in [-0.1, -0.05) is 23.2 Å². The highest BCUT2D eigenvalue weighted by atomic mass is 79.9. The zero-order valence-electron chi connectivity index (χ0n) is 10.6. The SMILES string of the molecule is Clc1cc2c(c(CNc3ccc(Cl)c(Br)c3)c1)OCC2. The number of nitrogens with one attached hydrogen (secondary N) is 1. The van der Waals surface area contributed by atoms with Crippen LogP contribution in [0.5, 0.6) is 5.75 Å². The molecule has 0 spiro atoms. The second kappa shape index (κ2) is 5.84. The maximum Gasteiger partial charge on any atom is 0.127 e. The summed E-state index contributed by atoms with van der Waals surface area (Å²) < 4.78 is 6.56. The van der Waals surface area contributed by atoms with E-state index >= 15 is 0 Å². The molecule has 20 heavy (non-hydrogen) atoms. The van der Waals surface area contributed by atoms with Crippen LogP contribution in [0.3, 0.4) is 0 Å². The van der Waals surface area contributed by atoms with Crippen molar-refractivity contribution in [2.75, 3.05) is 11.9 Å². The number of benzene rings is 2. The summed E-state index contributed by atoms with van der Waals surface area (Å²) in [5.41, 5.74) is 3.26. The fourth-order valence-corrected chi connectivity index (χ4v) is 3.04. The molecule has 3 rings (SSSR count). The van der Waals surface area contributed by atoms with E-state index in [-0.39, 0.29) is 0 Å². The van der Waals surface area contributed by atoms with Crippen LogP contribution < -0.4 is 10.1 Å². The molecule has 0 atom stereocenters. The van der Waals surface area contributed by atoms with E-state index < -0.39 is 0 Å². The minimum atomic E-state index is 0.664. The molecule has 2 nitrogen and oxygen atoms in total. The van der Waals surface area contributed by atoms with Crippen LogP contribution in [-0.2, 0) is 13.0 Å². The summed E-state index contributed by atoms with van der Waals surface area (Å²) in [6.07, 6.45) is 0.926. The average molecular weight is 373 g/mol. The Morgan fingerprint density at radius 1 is 1.20 bits per heavy atom. The second-order valence-electron chi connectivity index (χ2n) is 4.63. The lowest BCUT2D eigenvalue weighted by molar-refractivity contribution is 0.354. The Morgan fingerprint density at radius 3 is 2.85 bits per heavy atom. The summed E-state index contributed by atoms with van der Waals surface area (Å²) in [7, 11) is 0. The highest BCUT2D eigenvalue weighted by molar-refractivity contribution is 9.10. The molecule has 1 N–H and O–H groups in total. The number of halogens is 3. The van der Waals surface area contributed by atoms with E-state index in [1.165, 1.54) is 5.56 Å². The smallest absolute Gasteiger partial charge is 0.127 e. The van der Waals surface area contributed by atoms with E-state index in [1.807, 2.05) is 30.3 Å². The summed E-state index contributed by atoms with van der Waals surface area (Å²) >= 11 is 15.5. The molecule has 0 aromatic heterocycles. The minimum Gasteiger partial charge on any atom is -0.493 e. The lowest BCUT2D eigenvalue weighted by atomic mass is 10.1. The van der Waals surface area contributed by atoms with Crippen molar-refractivity contribution >= 4 is 44.8 Å². The van der Waals surface area contributed by atoms with Crippen molar-refractivity contribution in [3.05, 3.63) is 56.0 Å². The van der Waals surface area contributed by atoms with Crippen LogP contribution in [0.4, 0.5) is 5.69 Å². The molecule has 0 aliphatic carbocycles. The molecular weight excluding hydrogens is 361 g/mol. The molecule has 1 aliphatic heterocycles. The molecule has 0 unspecified atom stereocenters. The van der Waals surface area contributed by atoms with Crippen LogP contribution in [0.25, 0.3) is 0 Å². The van der Waals surface area contributed by atoms with Gasteiger partial charge in [-0.15, -0.1) is 0 Å². The number of hydrogen-bond donors (Lipinski definition) is 1. The molecule has 1 aliphatic rings. The van der Waals surface area contributed by atoms with E-state index in [1.54, 1.807) is 0 Å². The summed E-state index contributed by atoms with van der Waals surface area (Å²) in [4.78, 5) is 0. The largest absolute Gasteiger partial charge is 0.493 e. The lowest BCUT2D eigenvalue weighted by Gasteiger charge is -2.11. The van der Waals surface area contributed by atoms with Crippen molar-refractivity contribution in [3.8, 4) is 5.75 Å². The molecule has 0 saturated heterocycles. The first-order valence-electron chi connectivity index (χ1n) is 6.26. The van der Waals surface area contributed by atoms with Gasteiger partial charge >= 0.3 is 0 Å². The summed E-state index contributed by atoms with van der Waals surface area (Å²) in [6, 6.07) is 9.68. The highest BCUT2D eigenvalue weighted by Gasteiger charge is 2.17. The van der Waals surface area contributed by atoms with Crippen LogP contribution in [-0.4, -0.2) is 6.61 Å². The molecule has 0 radical (unpaired) electrons. The van der Waals surface area contributed by atoms with Gasteiger partial charge < -0.3 is 10.1 Å². The fraction of sp³-hybridized carbons (Fsp3) is 0.200. The maximum atomic E-state index is 6.15. The van der Waals surface area contributed by atoms with Gasteiger partial charge in [0.25, 0.3) is 0 Å². The van der Waals surface area contributed by atoms with E-state index in [9.17, 15) is 0 Å². The van der Waals surface area contributed by atoms with Gasteiger partial charge in [0, 0.05) is 33.7 Å². The standard InChI is InChI=1S/C15H12BrCl2NO/c16-13-7-12(1-2-14(13)18)19-8-10-6-11(17)5-9-3-4-20-15(9)10/h1-2,5-7,19H,3-4,8H2. The normalized spacial score (nSPS) is 12.9. The quantitative estimate of drug-likeness (QED) is 0.788. The molecule has 5 heteroatoms. The van der Waals surface area contributed by atoms with E-state index in [0.29, 0.717) is 11.6 Å². The van der Waals surface area contributed by atoms with Crippen molar-refractivity contribution in [2.24, 2.45) is 0 Å². The van der Waals surface area contributed by atoms with Crippen LogP contribution >= 0.6 is 39.1 Å². The van der Waals surface area contributed by atoms with Crippen LogP contribution in [0, 0.1) is 0 Å². The molecule has 2 aromatic rings.